The van der Waals surface area contributed by atoms with Gasteiger partial charge < -0.3 is 5.73 Å². The van der Waals surface area contributed by atoms with E-state index in [1.54, 1.807) is 13.8 Å². The third-order valence-electron chi connectivity index (χ3n) is 3.28. The van der Waals surface area contributed by atoms with E-state index in [4.69, 9.17) is 5.73 Å². The molecule has 0 aromatic carbocycles. The lowest BCUT2D eigenvalue weighted by molar-refractivity contribution is 0.474. The van der Waals surface area contributed by atoms with Crippen LogP contribution in [0.2, 0.25) is 0 Å². The van der Waals surface area contributed by atoms with Crippen molar-refractivity contribution < 1.29 is 8.42 Å². The zero-order valence-electron chi connectivity index (χ0n) is 9.07. The second kappa shape index (κ2) is 4.62. The zero-order chi connectivity index (χ0) is 10.8. The fraction of sp³-hybridized carbons (Fsp3) is 1.00. The quantitative estimate of drug-likeness (QED) is 0.782. The Morgan fingerprint density at radius 3 is 2.07 bits per heavy atom. The molecule has 0 spiro atoms. The Labute approximate surface area is 87.0 Å². The predicted molar refractivity (Wildman–Crippen MR) is 58.9 cm³/mol. The molecule has 0 radical (unpaired) electrons. The second-order valence-electron chi connectivity index (χ2n) is 4.41. The van der Waals surface area contributed by atoms with Crippen LogP contribution in [0.25, 0.3) is 0 Å². The highest BCUT2D eigenvalue weighted by Crippen LogP contribution is 2.26. The van der Waals surface area contributed by atoms with Gasteiger partial charge in [-0.2, -0.15) is 0 Å². The van der Waals surface area contributed by atoms with Crippen molar-refractivity contribution in [3.8, 4) is 0 Å². The van der Waals surface area contributed by atoms with Crippen LogP contribution in [0.15, 0.2) is 0 Å². The average Bonchev–Trinajstić information content (AvgIpc) is 2.18. The Hall–Kier alpha value is -0.0900. The van der Waals surface area contributed by atoms with E-state index in [0.29, 0.717) is 0 Å². The Morgan fingerprint density at radius 1 is 1.14 bits per heavy atom. The molecular weight excluding hydrogens is 198 g/mol. The van der Waals surface area contributed by atoms with E-state index >= 15 is 0 Å². The van der Waals surface area contributed by atoms with Crippen molar-refractivity contribution in [3.63, 3.8) is 0 Å². The van der Waals surface area contributed by atoms with Crippen LogP contribution in [0.1, 0.15) is 46.0 Å². The highest BCUT2D eigenvalue weighted by molar-refractivity contribution is 7.92. The lowest BCUT2D eigenvalue weighted by atomic mass is 10.0. The second-order valence-corrected chi connectivity index (χ2v) is 7.00. The first-order chi connectivity index (χ1) is 6.46. The molecule has 0 aliphatic heterocycles. The zero-order valence-corrected chi connectivity index (χ0v) is 9.89. The van der Waals surface area contributed by atoms with Crippen molar-refractivity contribution in [3.05, 3.63) is 0 Å². The van der Waals surface area contributed by atoms with Gasteiger partial charge in [0.1, 0.15) is 0 Å². The largest absolute Gasteiger partial charge is 0.327 e. The molecule has 0 heterocycles. The van der Waals surface area contributed by atoms with Crippen LogP contribution < -0.4 is 5.73 Å². The topological polar surface area (TPSA) is 60.2 Å². The molecule has 0 saturated heterocycles. The average molecular weight is 219 g/mol. The van der Waals surface area contributed by atoms with E-state index < -0.39 is 15.1 Å². The maximum Gasteiger partial charge on any atom is 0.157 e. The molecule has 2 N–H and O–H groups in total. The molecule has 1 fully saturated rings. The van der Waals surface area contributed by atoms with Gasteiger partial charge in [-0.15, -0.1) is 0 Å². The molecule has 1 aliphatic rings. The summed E-state index contributed by atoms with van der Waals surface area (Å²) in [6.07, 6.45) is 4.95. The van der Waals surface area contributed by atoms with E-state index in [9.17, 15) is 8.42 Å². The number of sulfone groups is 1. The first-order valence-corrected chi connectivity index (χ1v) is 7.05. The number of hydrogen-bond acceptors (Lipinski definition) is 3. The Kier molecular flexibility index (Phi) is 3.95. The van der Waals surface area contributed by atoms with Crippen LogP contribution in [-0.2, 0) is 9.84 Å². The highest BCUT2D eigenvalue weighted by atomic mass is 32.2. The molecular formula is C10H21NO2S. The van der Waals surface area contributed by atoms with Gasteiger partial charge in [0, 0.05) is 6.04 Å². The minimum absolute atomic E-state index is 0.128. The molecule has 2 atom stereocenters. The van der Waals surface area contributed by atoms with Gasteiger partial charge in [-0.25, -0.2) is 8.42 Å². The van der Waals surface area contributed by atoms with E-state index in [2.05, 4.69) is 0 Å². The third kappa shape index (κ3) is 2.48. The van der Waals surface area contributed by atoms with Gasteiger partial charge in [-0.05, 0) is 26.7 Å². The molecule has 84 valence electrons. The van der Waals surface area contributed by atoms with E-state index in [1.807, 2.05) is 0 Å². The van der Waals surface area contributed by atoms with Crippen molar-refractivity contribution in [1.82, 2.24) is 0 Å². The Morgan fingerprint density at radius 2 is 1.64 bits per heavy atom. The smallest absolute Gasteiger partial charge is 0.157 e. The first kappa shape index (κ1) is 12.0. The molecule has 14 heavy (non-hydrogen) atoms. The summed E-state index contributed by atoms with van der Waals surface area (Å²) in [4.78, 5) is 0. The van der Waals surface area contributed by atoms with E-state index in [-0.39, 0.29) is 11.3 Å². The van der Waals surface area contributed by atoms with Crippen molar-refractivity contribution in [2.75, 3.05) is 0 Å². The summed E-state index contributed by atoms with van der Waals surface area (Å²) < 4.78 is 24.1. The molecule has 1 rings (SSSR count). The van der Waals surface area contributed by atoms with Crippen molar-refractivity contribution in [2.24, 2.45) is 5.73 Å². The maximum absolute atomic E-state index is 12.0. The summed E-state index contributed by atoms with van der Waals surface area (Å²) in [5.74, 6) is 0. The van der Waals surface area contributed by atoms with Crippen LogP contribution in [0.3, 0.4) is 0 Å². The van der Waals surface area contributed by atoms with Gasteiger partial charge in [0.15, 0.2) is 9.84 Å². The minimum Gasteiger partial charge on any atom is -0.327 e. The van der Waals surface area contributed by atoms with E-state index in [1.165, 1.54) is 6.42 Å². The van der Waals surface area contributed by atoms with Crippen LogP contribution in [0, 0.1) is 0 Å². The van der Waals surface area contributed by atoms with Crippen LogP contribution >= 0.6 is 0 Å². The fourth-order valence-electron chi connectivity index (χ4n) is 2.00. The molecule has 0 bridgehead atoms. The van der Waals surface area contributed by atoms with Crippen LogP contribution in [-0.4, -0.2) is 25.0 Å². The van der Waals surface area contributed by atoms with Gasteiger partial charge >= 0.3 is 0 Å². The van der Waals surface area contributed by atoms with Crippen LogP contribution in [0.4, 0.5) is 0 Å². The summed E-state index contributed by atoms with van der Waals surface area (Å²) in [7, 11) is -2.99. The summed E-state index contributed by atoms with van der Waals surface area (Å²) in [6.45, 7) is 3.50. The van der Waals surface area contributed by atoms with Crippen molar-refractivity contribution in [2.45, 2.75) is 62.5 Å². The van der Waals surface area contributed by atoms with Gasteiger partial charge in [-0.3, -0.25) is 0 Å². The predicted octanol–water partition coefficient (Wildman–Crippen LogP) is 1.47. The number of rotatable bonds is 3. The van der Waals surface area contributed by atoms with Gasteiger partial charge in [0.05, 0.1) is 10.5 Å². The van der Waals surface area contributed by atoms with Gasteiger partial charge in [0.2, 0.25) is 0 Å². The molecule has 2 unspecified atom stereocenters. The molecule has 3 nitrogen and oxygen atoms in total. The third-order valence-corrected chi connectivity index (χ3v) is 6.14. The summed E-state index contributed by atoms with van der Waals surface area (Å²) >= 11 is 0. The molecule has 0 aromatic rings. The molecule has 1 aliphatic carbocycles. The van der Waals surface area contributed by atoms with Crippen molar-refractivity contribution in [1.29, 1.82) is 0 Å². The number of hydrogen-bond donors (Lipinski definition) is 1. The summed E-state index contributed by atoms with van der Waals surface area (Å²) in [5, 5.41) is -0.525. The molecule has 4 heteroatoms. The lowest BCUT2D eigenvalue weighted by Gasteiger charge is -2.26. The minimum atomic E-state index is -2.99. The molecule has 0 aromatic heterocycles. The molecule has 0 amide bonds. The van der Waals surface area contributed by atoms with Crippen molar-refractivity contribution >= 4 is 9.84 Å². The first-order valence-electron chi connectivity index (χ1n) is 5.44. The standard InChI is InChI=1S/C10H21NO2S/c1-8(11)9(2)14(12,13)10-6-4-3-5-7-10/h8-10H,3-7,11H2,1-2H3. The maximum atomic E-state index is 12.0. The monoisotopic (exact) mass is 219 g/mol. The normalized spacial score (nSPS) is 24.5. The Balaban J connectivity index is 2.73. The lowest BCUT2D eigenvalue weighted by Crippen LogP contribution is -2.41. The SMILES string of the molecule is CC(N)C(C)S(=O)(=O)C1CCCCC1. The highest BCUT2D eigenvalue weighted by Gasteiger charge is 2.33. The van der Waals surface area contributed by atoms with Gasteiger partial charge in [0.25, 0.3) is 0 Å². The van der Waals surface area contributed by atoms with Crippen LogP contribution in [0.5, 0.6) is 0 Å². The van der Waals surface area contributed by atoms with E-state index in [0.717, 1.165) is 25.7 Å². The van der Waals surface area contributed by atoms with Gasteiger partial charge in [-0.1, -0.05) is 19.3 Å². The number of nitrogens with two attached hydrogens (primary N) is 1. The Bertz CT molecular complexity index is 266. The molecule has 1 saturated carbocycles. The summed E-state index contributed by atoms with van der Waals surface area (Å²) in [6, 6.07) is -0.262. The summed E-state index contributed by atoms with van der Waals surface area (Å²) in [5.41, 5.74) is 5.65. The fourth-order valence-corrected chi connectivity index (χ4v) is 4.19.